The quantitative estimate of drug-likeness (QED) is 0.812. The average Bonchev–Trinajstić information content (AvgIpc) is 2.66. The number of piperazine rings is 1. The first-order valence-electron chi connectivity index (χ1n) is 9.51. The van der Waals surface area contributed by atoms with Gasteiger partial charge in [-0.3, -0.25) is 9.69 Å². The normalized spacial score (nSPS) is 15.1. The third kappa shape index (κ3) is 4.85. The molecule has 138 valence electrons. The summed E-state index contributed by atoms with van der Waals surface area (Å²) in [6, 6.07) is 16.5. The Labute approximate surface area is 156 Å². The van der Waals surface area contributed by atoms with Crippen molar-refractivity contribution in [3.05, 3.63) is 65.2 Å². The molecule has 0 radical (unpaired) electrons. The maximum absolute atomic E-state index is 12.2. The van der Waals surface area contributed by atoms with Crippen molar-refractivity contribution in [2.75, 3.05) is 44.2 Å². The molecular weight excluding hydrogens is 322 g/mol. The fourth-order valence-corrected chi connectivity index (χ4v) is 3.48. The molecule has 1 aliphatic heterocycles. The van der Waals surface area contributed by atoms with Gasteiger partial charge in [-0.05, 0) is 56.1 Å². The van der Waals surface area contributed by atoms with Gasteiger partial charge in [0.05, 0.1) is 0 Å². The van der Waals surface area contributed by atoms with Crippen LogP contribution in [0.25, 0.3) is 0 Å². The highest BCUT2D eigenvalue weighted by Gasteiger charge is 2.17. The first-order valence-corrected chi connectivity index (χ1v) is 9.51. The van der Waals surface area contributed by atoms with Crippen LogP contribution >= 0.6 is 0 Å². The summed E-state index contributed by atoms with van der Waals surface area (Å²) >= 11 is 0. The van der Waals surface area contributed by atoms with Crippen molar-refractivity contribution in [2.45, 2.75) is 20.3 Å². The number of hydrogen-bond acceptors (Lipinski definition) is 3. The lowest BCUT2D eigenvalue weighted by molar-refractivity contribution is 0.0951. The number of nitrogens with one attached hydrogen (secondary N) is 1. The SMILES string of the molecule is Cc1cccc(N2CCN(CCCNC(=O)c3ccccc3C)CC2)c1. The van der Waals surface area contributed by atoms with Gasteiger partial charge < -0.3 is 10.2 Å². The maximum atomic E-state index is 12.2. The predicted molar refractivity (Wildman–Crippen MR) is 108 cm³/mol. The molecular formula is C22H29N3O. The molecule has 3 rings (SSSR count). The van der Waals surface area contributed by atoms with Crippen LogP contribution in [-0.4, -0.2) is 50.1 Å². The van der Waals surface area contributed by atoms with Crippen LogP contribution in [0, 0.1) is 13.8 Å². The molecule has 1 saturated heterocycles. The van der Waals surface area contributed by atoms with Crippen molar-refractivity contribution in [2.24, 2.45) is 0 Å². The second kappa shape index (κ2) is 8.86. The molecule has 0 saturated carbocycles. The maximum Gasteiger partial charge on any atom is 0.251 e. The summed E-state index contributed by atoms with van der Waals surface area (Å²) < 4.78 is 0. The molecule has 0 aliphatic carbocycles. The highest BCUT2D eigenvalue weighted by Crippen LogP contribution is 2.17. The van der Waals surface area contributed by atoms with Crippen molar-refractivity contribution >= 4 is 11.6 Å². The molecule has 4 heteroatoms. The molecule has 1 fully saturated rings. The van der Waals surface area contributed by atoms with Crippen LogP contribution in [0.4, 0.5) is 5.69 Å². The van der Waals surface area contributed by atoms with Crippen LogP contribution in [0.1, 0.15) is 27.9 Å². The van der Waals surface area contributed by atoms with Crippen molar-refractivity contribution < 1.29 is 4.79 Å². The number of amides is 1. The Morgan fingerprint density at radius 1 is 1.00 bits per heavy atom. The molecule has 0 spiro atoms. The zero-order chi connectivity index (χ0) is 18.4. The number of rotatable bonds is 6. The molecule has 1 aliphatic rings. The largest absolute Gasteiger partial charge is 0.369 e. The molecule has 0 atom stereocenters. The first-order chi connectivity index (χ1) is 12.6. The Balaban J connectivity index is 1.37. The van der Waals surface area contributed by atoms with Crippen LogP contribution in [0.15, 0.2) is 48.5 Å². The molecule has 2 aromatic carbocycles. The minimum atomic E-state index is 0.0346. The Hall–Kier alpha value is -2.33. The number of benzene rings is 2. The van der Waals surface area contributed by atoms with E-state index >= 15 is 0 Å². The van der Waals surface area contributed by atoms with E-state index in [1.54, 1.807) is 0 Å². The van der Waals surface area contributed by atoms with E-state index in [1.807, 2.05) is 31.2 Å². The molecule has 26 heavy (non-hydrogen) atoms. The molecule has 1 amide bonds. The van der Waals surface area contributed by atoms with Crippen molar-refractivity contribution in [1.29, 1.82) is 0 Å². The van der Waals surface area contributed by atoms with Crippen molar-refractivity contribution in [3.63, 3.8) is 0 Å². The lowest BCUT2D eigenvalue weighted by Gasteiger charge is -2.36. The van der Waals surface area contributed by atoms with Gasteiger partial charge >= 0.3 is 0 Å². The zero-order valence-electron chi connectivity index (χ0n) is 15.9. The van der Waals surface area contributed by atoms with Crippen LogP contribution in [0.5, 0.6) is 0 Å². The Morgan fingerprint density at radius 2 is 1.77 bits per heavy atom. The van der Waals surface area contributed by atoms with Gasteiger partial charge in [-0.25, -0.2) is 0 Å². The van der Waals surface area contributed by atoms with Gasteiger partial charge in [0.25, 0.3) is 5.91 Å². The highest BCUT2D eigenvalue weighted by atomic mass is 16.1. The van der Waals surface area contributed by atoms with Crippen LogP contribution in [0.2, 0.25) is 0 Å². The fourth-order valence-electron chi connectivity index (χ4n) is 3.48. The van der Waals surface area contributed by atoms with E-state index in [-0.39, 0.29) is 5.91 Å². The number of anilines is 1. The van der Waals surface area contributed by atoms with E-state index in [0.29, 0.717) is 0 Å². The summed E-state index contributed by atoms with van der Waals surface area (Å²) in [5.74, 6) is 0.0346. The van der Waals surface area contributed by atoms with E-state index in [0.717, 1.165) is 56.8 Å². The monoisotopic (exact) mass is 351 g/mol. The second-order valence-corrected chi connectivity index (χ2v) is 7.09. The Morgan fingerprint density at radius 3 is 2.50 bits per heavy atom. The predicted octanol–water partition coefficient (Wildman–Crippen LogP) is 3.25. The van der Waals surface area contributed by atoms with Gasteiger partial charge in [-0.2, -0.15) is 0 Å². The summed E-state index contributed by atoms with van der Waals surface area (Å²) in [4.78, 5) is 17.2. The van der Waals surface area contributed by atoms with Crippen LogP contribution in [-0.2, 0) is 0 Å². The van der Waals surface area contributed by atoms with E-state index < -0.39 is 0 Å². The summed E-state index contributed by atoms with van der Waals surface area (Å²) in [6.45, 7) is 10.2. The molecule has 0 unspecified atom stereocenters. The second-order valence-electron chi connectivity index (χ2n) is 7.09. The number of carbonyl (C=O) groups excluding carboxylic acids is 1. The number of hydrogen-bond donors (Lipinski definition) is 1. The van der Waals surface area contributed by atoms with Gasteiger partial charge in [0.1, 0.15) is 0 Å². The number of aryl methyl sites for hydroxylation is 2. The lowest BCUT2D eigenvalue weighted by Crippen LogP contribution is -2.47. The van der Waals surface area contributed by atoms with Gasteiger partial charge in [0.15, 0.2) is 0 Å². The Kier molecular flexibility index (Phi) is 6.29. The van der Waals surface area contributed by atoms with E-state index in [9.17, 15) is 4.79 Å². The third-order valence-electron chi connectivity index (χ3n) is 5.07. The smallest absolute Gasteiger partial charge is 0.251 e. The highest BCUT2D eigenvalue weighted by molar-refractivity contribution is 5.95. The number of nitrogens with zero attached hydrogens (tertiary/aromatic N) is 2. The molecule has 1 heterocycles. The topological polar surface area (TPSA) is 35.6 Å². The first kappa shape index (κ1) is 18.5. The molecule has 4 nitrogen and oxygen atoms in total. The van der Waals surface area contributed by atoms with Crippen molar-refractivity contribution in [3.8, 4) is 0 Å². The van der Waals surface area contributed by atoms with E-state index in [2.05, 4.69) is 46.3 Å². The third-order valence-corrected chi connectivity index (χ3v) is 5.07. The summed E-state index contributed by atoms with van der Waals surface area (Å²) in [6.07, 6.45) is 0.988. The molecule has 1 N–H and O–H groups in total. The van der Waals surface area contributed by atoms with Crippen LogP contribution < -0.4 is 10.2 Å². The standard InChI is InChI=1S/C22H29N3O/c1-18-7-5-9-20(17-18)25-15-13-24(14-16-25)12-6-11-23-22(26)21-10-4-3-8-19(21)2/h3-5,7-10,17H,6,11-16H2,1-2H3,(H,23,26). The molecule has 2 aromatic rings. The molecule has 0 aromatic heterocycles. The van der Waals surface area contributed by atoms with E-state index in [1.165, 1.54) is 11.3 Å². The van der Waals surface area contributed by atoms with Crippen LogP contribution in [0.3, 0.4) is 0 Å². The van der Waals surface area contributed by atoms with Gasteiger partial charge in [-0.15, -0.1) is 0 Å². The van der Waals surface area contributed by atoms with Gasteiger partial charge in [0.2, 0.25) is 0 Å². The average molecular weight is 351 g/mol. The Bertz CT molecular complexity index is 736. The zero-order valence-corrected chi connectivity index (χ0v) is 15.9. The summed E-state index contributed by atoms with van der Waals surface area (Å²) in [5.41, 5.74) is 4.45. The summed E-state index contributed by atoms with van der Waals surface area (Å²) in [7, 11) is 0. The van der Waals surface area contributed by atoms with Gasteiger partial charge in [-0.1, -0.05) is 30.3 Å². The van der Waals surface area contributed by atoms with Gasteiger partial charge in [0, 0.05) is 44.0 Å². The minimum absolute atomic E-state index is 0.0346. The van der Waals surface area contributed by atoms with E-state index in [4.69, 9.17) is 0 Å². The molecule has 0 bridgehead atoms. The summed E-state index contributed by atoms with van der Waals surface area (Å²) in [5, 5.41) is 3.04. The number of carbonyl (C=O) groups is 1. The fraction of sp³-hybridized carbons (Fsp3) is 0.409. The minimum Gasteiger partial charge on any atom is -0.369 e. The lowest BCUT2D eigenvalue weighted by atomic mass is 10.1. The van der Waals surface area contributed by atoms with Crippen molar-refractivity contribution in [1.82, 2.24) is 10.2 Å².